The molecule has 21 heavy (non-hydrogen) atoms. The fourth-order valence-corrected chi connectivity index (χ4v) is 3.81. The molecule has 1 heterocycles. The Kier molecular flexibility index (Phi) is 4.88. The van der Waals surface area contributed by atoms with Crippen LogP contribution in [0.2, 0.25) is 0 Å². The van der Waals surface area contributed by atoms with Gasteiger partial charge in [0.05, 0.1) is 23.3 Å². The second kappa shape index (κ2) is 6.47. The van der Waals surface area contributed by atoms with Crippen molar-refractivity contribution in [3.05, 3.63) is 24.3 Å². The Balaban J connectivity index is 2.03. The molecular weight excluding hydrogens is 290 g/mol. The molecule has 0 saturated carbocycles. The first-order chi connectivity index (χ1) is 9.87. The molecule has 1 N–H and O–H groups in total. The summed E-state index contributed by atoms with van der Waals surface area (Å²) in [5.74, 6) is 0.430. The van der Waals surface area contributed by atoms with Crippen LogP contribution in [0.25, 0.3) is 0 Å². The third-order valence-electron chi connectivity index (χ3n) is 3.43. The van der Waals surface area contributed by atoms with Crippen LogP contribution in [0.1, 0.15) is 26.7 Å². The number of rotatable bonds is 4. The molecule has 1 aromatic carbocycles. The zero-order chi connectivity index (χ0) is 15.5. The van der Waals surface area contributed by atoms with Crippen LogP contribution in [-0.2, 0) is 14.6 Å². The molecule has 0 bridgehead atoms. The third kappa shape index (κ3) is 4.46. The molecule has 0 atom stereocenters. The second-order valence-electron chi connectivity index (χ2n) is 5.58. The fourth-order valence-electron chi connectivity index (χ4n) is 2.31. The van der Waals surface area contributed by atoms with Gasteiger partial charge in [0, 0.05) is 5.92 Å². The lowest BCUT2D eigenvalue weighted by Gasteiger charge is -2.22. The molecule has 116 valence electrons. The van der Waals surface area contributed by atoms with Gasteiger partial charge in [-0.15, -0.1) is 0 Å². The van der Waals surface area contributed by atoms with Crippen molar-refractivity contribution in [1.82, 2.24) is 0 Å². The Labute approximate surface area is 125 Å². The topological polar surface area (TPSA) is 72.5 Å². The van der Waals surface area contributed by atoms with E-state index in [0.29, 0.717) is 24.3 Å². The highest BCUT2D eigenvalue weighted by Crippen LogP contribution is 2.27. The SMILES string of the molecule is CC(C)Oc1ccccc1NC(=O)C1CCS(=O)(=O)CC1. The Morgan fingerprint density at radius 1 is 1.24 bits per heavy atom. The van der Waals surface area contributed by atoms with Crippen molar-refractivity contribution in [3.63, 3.8) is 0 Å². The average molecular weight is 311 g/mol. The van der Waals surface area contributed by atoms with Gasteiger partial charge in [-0.05, 0) is 38.8 Å². The van der Waals surface area contributed by atoms with Crippen molar-refractivity contribution in [2.45, 2.75) is 32.8 Å². The maximum atomic E-state index is 12.3. The van der Waals surface area contributed by atoms with Crippen LogP contribution >= 0.6 is 0 Å². The van der Waals surface area contributed by atoms with Crippen molar-refractivity contribution in [3.8, 4) is 5.75 Å². The molecule has 1 saturated heterocycles. The van der Waals surface area contributed by atoms with Crippen molar-refractivity contribution in [2.75, 3.05) is 16.8 Å². The molecule has 2 rings (SSSR count). The summed E-state index contributed by atoms with van der Waals surface area (Å²) in [6, 6.07) is 7.27. The molecule has 5 nitrogen and oxygen atoms in total. The van der Waals surface area contributed by atoms with E-state index >= 15 is 0 Å². The lowest BCUT2D eigenvalue weighted by molar-refractivity contribution is -0.120. The van der Waals surface area contributed by atoms with E-state index in [1.54, 1.807) is 12.1 Å². The highest BCUT2D eigenvalue weighted by molar-refractivity contribution is 7.91. The normalized spacial score (nSPS) is 18.4. The Hall–Kier alpha value is -1.56. The fraction of sp³-hybridized carbons (Fsp3) is 0.533. The first-order valence-electron chi connectivity index (χ1n) is 7.14. The number of carbonyl (C=O) groups is 1. The minimum atomic E-state index is -2.95. The smallest absolute Gasteiger partial charge is 0.227 e. The summed E-state index contributed by atoms with van der Waals surface area (Å²) >= 11 is 0. The largest absolute Gasteiger partial charge is 0.489 e. The first kappa shape index (κ1) is 15.8. The van der Waals surface area contributed by atoms with Gasteiger partial charge in [-0.25, -0.2) is 8.42 Å². The zero-order valence-electron chi connectivity index (χ0n) is 12.3. The summed E-state index contributed by atoms with van der Waals surface area (Å²) in [6.07, 6.45) is 0.797. The molecule has 6 heteroatoms. The van der Waals surface area contributed by atoms with Crippen LogP contribution in [0.15, 0.2) is 24.3 Å². The van der Waals surface area contributed by atoms with E-state index in [-0.39, 0.29) is 29.4 Å². The quantitative estimate of drug-likeness (QED) is 0.925. The molecule has 1 amide bonds. The molecule has 0 spiro atoms. The lowest BCUT2D eigenvalue weighted by atomic mass is 10.0. The highest BCUT2D eigenvalue weighted by atomic mass is 32.2. The van der Waals surface area contributed by atoms with Crippen LogP contribution < -0.4 is 10.1 Å². The second-order valence-corrected chi connectivity index (χ2v) is 7.88. The van der Waals surface area contributed by atoms with Crippen molar-refractivity contribution in [2.24, 2.45) is 5.92 Å². The summed E-state index contributed by atoms with van der Waals surface area (Å²) in [6.45, 7) is 3.84. The number of para-hydroxylation sites is 2. The van der Waals surface area contributed by atoms with E-state index in [1.165, 1.54) is 0 Å². The van der Waals surface area contributed by atoms with Crippen molar-refractivity contribution in [1.29, 1.82) is 0 Å². The summed E-state index contributed by atoms with van der Waals surface area (Å²) in [5, 5.41) is 2.85. The summed E-state index contributed by atoms with van der Waals surface area (Å²) < 4.78 is 28.5. The van der Waals surface area contributed by atoms with E-state index < -0.39 is 9.84 Å². The number of carbonyl (C=O) groups excluding carboxylic acids is 1. The maximum absolute atomic E-state index is 12.3. The predicted molar refractivity (Wildman–Crippen MR) is 82.2 cm³/mol. The monoisotopic (exact) mass is 311 g/mol. The number of anilines is 1. The number of amides is 1. The van der Waals surface area contributed by atoms with E-state index in [4.69, 9.17) is 4.74 Å². The molecule has 1 aliphatic rings. The summed E-state index contributed by atoms with van der Waals surface area (Å²) in [7, 11) is -2.95. The summed E-state index contributed by atoms with van der Waals surface area (Å²) in [5.41, 5.74) is 0.629. The third-order valence-corrected chi connectivity index (χ3v) is 5.15. The highest BCUT2D eigenvalue weighted by Gasteiger charge is 2.28. The number of benzene rings is 1. The first-order valence-corrected chi connectivity index (χ1v) is 8.96. The molecule has 1 aliphatic heterocycles. The van der Waals surface area contributed by atoms with Gasteiger partial charge < -0.3 is 10.1 Å². The molecule has 0 aromatic heterocycles. The molecule has 1 aromatic rings. The molecular formula is C15H21NO4S. The number of hydrogen-bond donors (Lipinski definition) is 1. The lowest BCUT2D eigenvalue weighted by Crippen LogP contribution is -2.32. The van der Waals surface area contributed by atoms with Gasteiger partial charge >= 0.3 is 0 Å². The van der Waals surface area contributed by atoms with Crippen LogP contribution in [0.4, 0.5) is 5.69 Å². The minimum absolute atomic E-state index is 0.0166. The average Bonchev–Trinajstić information content (AvgIpc) is 2.40. The van der Waals surface area contributed by atoms with Crippen molar-refractivity contribution < 1.29 is 17.9 Å². The van der Waals surface area contributed by atoms with Crippen LogP contribution in [-0.4, -0.2) is 31.9 Å². The zero-order valence-corrected chi connectivity index (χ0v) is 13.2. The van der Waals surface area contributed by atoms with Crippen LogP contribution in [0.5, 0.6) is 5.75 Å². The van der Waals surface area contributed by atoms with Gasteiger partial charge in [-0.3, -0.25) is 4.79 Å². The van der Waals surface area contributed by atoms with Gasteiger partial charge in [0.2, 0.25) is 5.91 Å². The number of ether oxygens (including phenoxy) is 1. The van der Waals surface area contributed by atoms with Crippen molar-refractivity contribution >= 4 is 21.4 Å². The Morgan fingerprint density at radius 3 is 2.48 bits per heavy atom. The standard InChI is InChI=1S/C15H21NO4S/c1-11(2)20-14-6-4-3-5-13(14)16-15(17)12-7-9-21(18,19)10-8-12/h3-6,11-12H,7-10H2,1-2H3,(H,16,17). The molecule has 1 fully saturated rings. The van der Waals surface area contributed by atoms with Crippen LogP contribution in [0.3, 0.4) is 0 Å². The Morgan fingerprint density at radius 2 is 1.86 bits per heavy atom. The molecule has 0 aliphatic carbocycles. The van der Waals surface area contributed by atoms with Gasteiger partial charge in [-0.1, -0.05) is 12.1 Å². The number of nitrogens with one attached hydrogen (secondary N) is 1. The molecule has 0 radical (unpaired) electrons. The van der Waals surface area contributed by atoms with E-state index in [2.05, 4.69) is 5.32 Å². The van der Waals surface area contributed by atoms with E-state index in [0.717, 1.165) is 0 Å². The number of sulfone groups is 1. The summed E-state index contributed by atoms with van der Waals surface area (Å²) in [4.78, 5) is 12.3. The maximum Gasteiger partial charge on any atom is 0.227 e. The minimum Gasteiger partial charge on any atom is -0.489 e. The molecule has 0 unspecified atom stereocenters. The van der Waals surface area contributed by atoms with E-state index in [9.17, 15) is 13.2 Å². The van der Waals surface area contributed by atoms with Gasteiger partial charge in [0.25, 0.3) is 0 Å². The van der Waals surface area contributed by atoms with Gasteiger partial charge in [-0.2, -0.15) is 0 Å². The van der Waals surface area contributed by atoms with Crippen LogP contribution in [0, 0.1) is 5.92 Å². The number of hydrogen-bond acceptors (Lipinski definition) is 4. The van der Waals surface area contributed by atoms with E-state index in [1.807, 2.05) is 26.0 Å². The van der Waals surface area contributed by atoms with Gasteiger partial charge in [0.15, 0.2) is 0 Å². The van der Waals surface area contributed by atoms with Gasteiger partial charge in [0.1, 0.15) is 15.6 Å². The Bertz CT molecular complexity index is 596. The predicted octanol–water partition coefficient (Wildman–Crippen LogP) is 2.24.